The van der Waals surface area contributed by atoms with E-state index in [1.165, 1.54) is 9.91 Å². The fraction of sp³-hybridized carbons (Fsp3) is 0.625. The molecule has 1 aromatic carbocycles. The summed E-state index contributed by atoms with van der Waals surface area (Å²) in [5, 5.41) is 5.88. The molecule has 9 nitrogen and oxygen atoms in total. The van der Waals surface area contributed by atoms with Gasteiger partial charge in [0.2, 0.25) is 0 Å². The van der Waals surface area contributed by atoms with Crippen molar-refractivity contribution >= 4 is 17.6 Å². The Morgan fingerprint density at radius 2 is 1.88 bits per heavy atom. The van der Waals surface area contributed by atoms with Gasteiger partial charge < -0.3 is 19.3 Å². The molecule has 9 heteroatoms. The highest BCUT2D eigenvalue weighted by atomic mass is 16.5. The fourth-order valence-corrected chi connectivity index (χ4v) is 4.31. The number of piperazine rings is 1. The van der Waals surface area contributed by atoms with Gasteiger partial charge in [0.15, 0.2) is 0 Å². The molecule has 2 fully saturated rings. The van der Waals surface area contributed by atoms with Gasteiger partial charge in [-0.2, -0.15) is 5.10 Å². The average molecular weight is 458 g/mol. The second-order valence-corrected chi connectivity index (χ2v) is 8.89. The lowest BCUT2D eigenvalue weighted by Crippen LogP contribution is -2.44. The number of carbonyl (C=O) groups excluding carboxylic acids is 2. The van der Waals surface area contributed by atoms with E-state index in [1.807, 2.05) is 18.2 Å². The van der Waals surface area contributed by atoms with Gasteiger partial charge in [-0.05, 0) is 51.1 Å². The van der Waals surface area contributed by atoms with E-state index in [2.05, 4.69) is 28.9 Å². The molecule has 1 aromatic rings. The summed E-state index contributed by atoms with van der Waals surface area (Å²) in [7, 11) is 2.15. The van der Waals surface area contributed by atoms with E-state index >= 15 is 0 Å². The second-order valence-electron chi connectivity index (χ2n) is 8.89. The summed E-state index contributed by atoms with van der Waals surface area (Å²) in [6.45, 7) is 8.99. The standard InChI is InChI=1S/C24H35N5O4/c1-3-15-32-19-6-7-22-20(17-19)21(8-16-33-22)25-29-18-23(30)28(24(29)31)10-5-4-9-27-13-11-26(2)12-14-27/h6-7,17H,3-5,8-16,18H2,1-2H3/b25-21+. The molecule has 0 N–H and O–H groups in total. The summed E-state index contributed by atoms with van der Waals surface area (Å²) in [6, 6.07) is 5.32. The number of unbranched alkanes of at least 4 members (excludes halogenated alkanes) is 1. The molecule has 3 amide bonds. The van der Waals surface area contributed by atoms with Gasteiger partial charge in [-0.1, -0.05) is 6.92 Å². The molecule has 33 heavy (non-hydrogen) atoms. The number of fused-ring (bicyclic) bond motifs is 1. The van der Waals surface area contributed by atoms with Gasteiger partial charge in [0.1, 0.15) is 18.0 Å². The largest absolute Gasteiger partial charge is 0.494 e. The summed E-state index contributed by atoms with van der Waals surface area (Å²) in [5.41, 5.74) is 1.57. The molecular formula is C24H35N5O4. The van der Waals surface area contributed by atoms with E-state index in [1.54, 1.807) is 0 Å². The topological polar surface area (TPSA) is 77.9 Å². The van der Waals surface area contributed by atoms with Crippen LogP contribution >= 0.6 is 0 Å². The highest BCUT2D eigenvalue weighted by Crippen LogP contribution is 2.30. The Kier molecular flexibility index (Phi) is 7.82. The summed E-state index contributed by atoms with van der Waals surface area (Å²) in [6.07, 6.45) is 3.28. The maximum absolute atomic E-state index is 12.9. The predicted octanol–water partition coefficient (Wildman–Crippen LogP) is 2.25. The van der Waals surface area contributed by atoms with Crippen LogP contribution in [0.3, 0.4) is 0 Å². The van der Waals surface area contributed by atoms with Crippen molar-refractivity contribution in [2.45, 2.75) is 32.6 Å². The molecule has 0 unspecified atom stereocenters. The molecule has 4 rings (SSSR count). The maximum Gasteiger partial charge on any atom is 0.347 e. The first-order valence-electron chi connectivity index (χ1n) is 12.1. The van der Waals surface area contributed by atoms with Crippen molar-refractivity contribution in [2.75, 3.05) is 66.1 Å². The quantitative estimate of drug-likeness (QED) is 0.418. The number of nitrogens with zero attached hydrogens (tertiary/aromatic N) is 5. The third-order valence-electron chi connectivity index (χ3n) is 6.31. The van der Waals surface area contributed by atoms with Crippen LogP contribution in [-0.2, 0) is 4.79 Å². The van der Waals surface area contributed by atoms with Crippen molar-refractivity contribution in [1.29, 1.82) is 0 Å². The Balaban J connectivity index is 1.34. The number of benzene rings is 1. The number of hydrogen-bond acceptors (Lipinski definition) is 7. The van der Waals surface area contributed by atoms with Crippen molar-refractivity contribution in [3.05, 3.63) is 23.8 Å². The van der Waals surface area contributed by atoms with Crippen molar-refractivity contribution in [2.24, 2.45) is 5.10 Å². The van der Waals surface area contributed by atoms with Crippen LogP contribution in [0.15, 0.2) is 23.3 Å². The third kappa shape index (κ3) is 5.83. The first-order valence-corrected chi connectivity index (χ1v) is 12.1. The third-order valence-corrected chi connectivity index (χ3v) is 6.31. The van der Waals surface area contributed by atoms with E-state index in [-0.39, 0.29) is 18.5 Å². The molecule has 2 saturated heterocycles. The highest BCUT2D eigenvalue weighted by Gasteiger charge is 2.36. The van der Waals surface area contributed by atoms with Crippen LogP contribution < -0.4 is 9.47 Å². The molecule has 0 atom stereocenters. The van der Waals surface area contributed by atoms with Crippen LogP contribution in [0, 0.1) is 0 Å². The number of rotatable bonds is 9. The lowest BCUT2D eigenvalue weighted by Gasteiger charge is -2.32. The molecule has 180 valence electrons. The molecular weight excluding hydrogens is 422 g/mol. The molecule has 0 saturated carbocycles. The zero-order valence-electron chi connectivity index (χ0n) is 19.8. The van der Waals surface area contributed by atoms with Crippen molar-refractivity contribution in [1.82, 2.24) is 19.7 Å². The number of likely N-dealkylation sites (N-methyl/N-ethyl adjacent to an activating group) is 1. The van der Waals surface area contributed by atoms with Gasteiger partial charge in [-0.25, -0.2) is 9.80 Å². The van der Waals surface area contributed by atoms with Crippen LogP contribution in [-0.4, -0.2) is 103 Å². The molecule has 0 bridgehead atoms. The molecule has 0 aliphatic carbocycles. The van der Waals surface area contributed by atoms with Gasteiger partial charge >= 0.3 is 6.03 Å². The Hall–Kier alpha value is -2.65. The van der Waals surface area contributed by atoms with Crippen LogP contribution in [0.1, 0.15) is 38.2 Å². The lowest BCUT2D eigenvalue weighted by atomic mass is 10.0. The summed E-state index contributed by atoms with van der Waals surface area (Å²) >= 11 is 0. The van der Waals surface area contributed by atoms with Gasteiger partial charge in [-0.15, -0.1) is 0 Å². The number of imide groups is 1. The zero-order chi connectivity index (χ0) is 23.2. The minimum atomic E-state index is -0.335. The number of carbonyl (C=O) groups is 2. The molecule has 0 radical (unpaired) electrons. The number of ether oxygens (including phenoxy) is 2. The first-order chi connectivity index (χ1) is 16.0. The smallest absolute Gasteiger partial charge is 0.347 e. The Bertz CT molecular complexity index is 882. The number of hydrogen-bond donors (Lipinski definition) is 0. The second kappa shape index (κ2) is 11.0. The minimum Gasteiger partial charge on any atom is -0.494 e. The van der Waals surface area contributed by atoms with Crippen molar-refractivity contribution in [3.8, 4) is 11.5 Å². The minimum absolute atomic E-state index is 0.0109. The number of hydrazone groups is 1. The average Bonchev–Trinajstić information content (AvgIpc) is 3.09. The monoisotopic (exact) mass is 457 g/mol. The number of amides is 3. The SMILES string of the molecule is CCCOc1ccc2c(c1)/C(=N/N1CC(=O)N(CCCCN3CCN(C)CC3)C1=O)CCO2. The van der Waals surface area contributed by atoms with Crippen molar-refractivity contribution < 1.29 is 19.1 Å². The lowest BCUT2D eigenvalue weighted by molar-refractivity contribution is -0.125. The van der Waals surface area contributed by atoms with Crippen LogP contribution in [0.2, 0.25) is 0 Å². The van der Waals surface area contributed by atoms with Crippen molar-refractivity contribution in [3.63, 3.8) is 0 Å². The summed E-state index contributed by atoms with van der Waals surface area (Å²) in [4.78, 5) is 31.5. The zero-order valence-corrected chi connectivity index (χ0v) is 19.8. The van der Waals surface area contributed by atoms with Gasteiger partial charge in [-0.3, -0.25) is 9.69 Å². The van der Waals surface area contributed by atoms with Crippen LogP contribution in [0.25, 0.3) is 0 Å². The Labute approximate surface area is 195 Å². The molecule has 0 spiro atoms. The van der Waals surface area contributed by atoms with E-state index in [0.717, 1.165) is 74.8 Å². The summed E-state index contributed by atoms with van der Waals surface area (Å²) < 4.78 is 11.5. The molecule has 0 aromatic heterocycles. The van der Waals surface area contributed by atoms with E-state index in [9.17, 15) is 9.59 Å². The van der Waals surface area contributed by atoms with Crippen LogP contribution in [0.4, 0.5) is 4.79 Å². The fourth-order valence-electron chi connectivity index (χ4n) is 4.31. The Morgan fingerprint density at radius 3 is 2.67 bits per heavy atom. The highest BCUT2D eigenvalue weighted by molar-refractivity contribution is 6.06. The maximum atomic E-state index is 12.9. The molecule has 3 heterocycles. The summed E-state index contributed by atoms with van der Waals surface area (Å²) in [5.74, 6) is 1.29. The van der Waals surface area contributed by atoms with E-state index in [4.69, 9.17) is 9.47 Å². The molecule has 3 aliphatic heterocycles. The normalized spacial score (nSPS) is 21.0. The molecule has 3 aliphatic rings. The van der Waals surface area contributed by atoms with Gasteiger partial charge in [0, 0.05) is 44.7 Å². The number of urea groups is 1. The predicted molar refractivity (Wildman–Crippen MR) is 126 cm³/mol. The van der Waals surface area contributed by atoms with Crippen LogP contribution in [0.5, 0.6) is 11.5 Å². The van der Waals surface area contributed by atoms with Gasteiger partial charge in [0.25, 0.3) is 5.91 Å². The van der Waals surface area contributed by atoms with Gasteiger partial charge in [0.05, 0.1) is 18.9 Å². The van der Waals surface area contributed by atoms with E-state index in [0.29, 0.717) is 26.2 Å². The van der Waals surface area contributed by atoms with E-state index < -0.39 is 0 Å². The Morgan fingerprint density at radius 1 is 1.09 bits per heavy atom. The first kappa shape index (κ1) is 23.5.